The predicted molar refractivity (Wildman–Crippen MR) is 86.3 cm³/mol. The molecule has 0 aliphatic carbocycles. The van der Waals surface area contributed by atoms with Gasteiger partial charge in [-0.05, 0) is 42.2 Å². The molecule has 1 heterocycles. The van der Waals surface area contributed by atoms with E-state index in [1.807, 2.05) is 24.3 Å². The van der Waals surface area contributed by atoms with Crippen LogP contribution in [0.15, 0.2) is 36.4 Å². The van der Waals surface area contributed by atoms with E-state index in [1.165, 1.54) is 11.1 Å². The molecule has 0 fully saturated rings. The second-order valence-corrected chi connectivity index (χ2v) is 5.42. The van der Waals surface area contributed by atoms with Crippen LogP contribution < -0.4 is 16.4 Å². The van der Waals surface area contributed by atoms with E-state index in [2.05, 4.69) is 29.7 Å². The fraction of sp³-hybridized carbons (Fsp3) is 0.235. The number of nitrogens with one attached hydrogen (secondary N) is 2. The van der Waals surface area contributed by atoms with Crippen molar-refractivity contribution in [1.29, 1.82) is 0 Å². The van der Waals surface area contributed by atoms with Crippen molar-refractivity contribution in [3.05, 3.63) is 53.1 Å². The van der Waals surface area contributed by atoms with Crippen LogP contribution in [0.1, 0.15) is 23.1 Å². The lowest BCUT2D eigenvalue weighted by molar-refractivity contribution is -0.116. The van der Waals surface area contributed by atoms with Gasteiger partial charge in [-0.3, -0.25) is 4.79 Å². The topological polar surface area (TPSA) is 67.2 Å². The summed E-state index contributed by atoms with van der Waals surface area (Å²) in [5.74, 6) is 0.0579. The molecule has 4 heteroatoms. The highest BCUT2D eigenvalue weighted by Gasteiger charge is 2.16. The Balaban J connectivity index is 1.80. The molecule has 2 aromatic rings. The van der Waals surface area contributed by atoms with Crippen LogP contribution in [0.3, 0.4) is 0 Å². The van der Waals surface area contributed by atoms with E-state index in [0.29, 0.717) is 12.1 Å². The van der Waals surface area contributed by atoms with Crippen molar-refractivity contribution in [2.45, 2.75) is 26.3 Å². The zero-order valence-electron chi connectivity index (χ0n) is 12.1. The quantitative estimate of drug-likeness (QED) is 0.757. The number of carbonyl (C=O) groups is 1. The smallest absolute Gasteiger partial charge is 0.224 e. The van der Waals surface area contributed by atoms with Gasteiger partial charge in [-0.2, -0.15) is 0 Å². The van der Waals surface area contributed by atoms with Gasteiger partial charge in [-0.1, -0.05) is 24.3 Å². The summed E-state index contributed by atoms with van der Waals surface area (Å²) >= 11 is 0. The number of carbonyl (C=O) groups excluding carboxylic acids is 1. The van der Waals surface area contributed by atoms with Crippen LogP contribution in [0.2, 0.25) is 0 Å². The second kappa shape index (κ2) is 5.48. The minimum atomic E-state index is 0.0579. The molecule has 1 aliphatic heterocycles. The van der Waals surface area contributed by atoms with Crippen molar-refractivity contribution >= 4 is 23.0 Å². The number of anilines is 3. The normalized spacial score (nSPS) is 13.5. The van der Waals surface area contributed by atoms with E-state index in [1.54, 1.807) is 0 Å². The van der Waals surface area contributed by atoms with Crippen molar-refractivity contribution in [2.75, 3.05) is 16.4 Å². The highest BCUT2D eigenvalue weighted by Crippen LogP contribution is 2.31. The number of aryl methyl sites for hydroxylation is 2. The number of amides is 1. The third kappa shape index (κ3) is 2.84. The number of hydrogen-bond donors (Lipinski definition) is 3. The molecule has 3 rings (SSSR count). The van der Waals surface area contributed by atoms with Crippen molar-refractivity contribution in [1.82, 2.24) is 0 Å². The van der Waals surface area contributed by atoms with Crippen molar-refractivity contribution in [3.8, 4) is 0 Å². The number of rotatable bonds is 3. The molecule has 0 unspecified atom stereocenters. The van der Waals surface area contributed by atoms with E-state index in [0.717, 1.165) is 29.9 Å². The summed E-state index contributed by atoms with van der Waals surface area (Å²) in [5, 5.41) is 6.26. The molecule has 0 bridgehead atoms. The molecule has 108 valence electrons. The van der Waals surface area contributed by atoms with Crippen LogP contribution in [0.5, 0.6) is 0 Å². The first-order valence-electron chi connectivity index (χ1n) is 7.14. The third-order valence-electron chi connectivity index (χ3n) is 3.90. The summed E-state index contributed by atoms with van der Waals surface area (Å²) in [7, 11) is 0. The van der Waals surface area contributed by atoms with Crippen LogP contribution in [-0.2, 0) is 17.8 Å². The van der Waals surface area contributed by atoms with Gasteiger partial charge in [0.1, 0.15) is 0 Å². The SMILES string of the molecule is Cc1ccccc1CNc1cc2c(cc1N)NC(=O)CC2. The summed E-state index contributed by atoms with van der Waals surface area (Å²) in [6.07, 6.45) is 1.30. The van der Waals surface area contributed by atoms with Gasteiger partial charge < -0.3 is 16.4 Å². The average molecular weight is 281 g/mol. The predicted octanol–water partition coefficient (Wildman–Crippen LogP) is 3.07. The fourth-order valence-electron chi connectivity index (χ4n) is 2.60. The molecule has 4 nitrogen and oxygen atoms in total. The van der Waals surface area contributed by atoms with Crippen molar-refractivity contribution < 1.29 is 4.79 Å². The van der Waals surface area contributed by atoms with Gasteiger partial charge in [-0.15, -0.1) is 0 Å². The van der Waals surface area contributed by atoms with E-state index in [-0.39, 0.29) is 5.91 Å². The third-order valence-corrected chi connectivity index (χ3v) is 3.90. The van der Waals surface area contributed by atoms with Crippen LogP contribution in [0.25, 0.3) is 0 Å². The molecule has 0 radical (unpaired) electrons. The Morgan fingerprint density at radius 1 is 1.24 bits per heavy atom. The molecule has 1 amide bonds. The first-order valence-corrected chi connectivity index (χ1v) is 7.14. The monoisotopic (exact) mass is 281 g/mol. The van der Waals surface area contributed by atoms with E-state index in [4.69, 9.17) is 5.73 Å². The zero-order valence-corrected chi connectivity index (χ0v) is 12.1. The fourth-order valence-corrected chi connectivity index (χ4v) is 2.60. The van der Waals surface area contributed by atoms with Gasteiger partial charge in [0.25, 0.3) is 0 Å². The maximum absolute atomic E-state index is 11.4. The lowest BCUT2D eigenvalue weighted by Crippen LogP contribution is -2.19. The second-order valence-electron chi connectivity index (χ2n) is 5.42. The highest BCUT2D eigenvalue weighted by atomic mass is 16.1. The van der Waals surface area contributed by atoms with Gasteiger partial charge >= 0.3 is 0 Å². The molecule has 21 heavy (non-hydrogen) atoms. The summed E-state index contributed by atoms with van der Waals surface area (Å²) in [5.41, 5.74) is 12.1. The van der Waals surface area contributed by atoms with Gasteiger partial charge in [0, 0.05) is 18.7 Å². The summed E-state index contributed by atoms with van der Waals surface area (Å²) < 4.78 is 0. The Morgan fingerprint density at radius 3 is 2.86 bits per heavy atom. The molecular formula is C17H19N3O. The van der Waals surface area contributed by atoms with Gasteiger partial charge in [0.15, 0.2) is 0 Å². The number of benzene rings is 2. The maximum Gasteiger partial charge on any atom is 0.224 e. The molecule has 0 saturated heterocycles. The Morgan fingerprint density at radius 2 is 2.05 bits per heavy atom. The highest BCUT2D eigenvalue weighted by molar-refractivity contribution is 5.95. The lowest BCUT2D eigenvalue weighted by Gasteiger charge is -2.20. The van der Waals surface area contributed by atoms with E-state index >= 15 is 0 Å². The molecule has 2 aromatic carbocycles. The Kier molecular flexibility index (Phi) is 3.52. The van der Waals surface area contributed by atoms with Gasteiger partial charge in [0.05, 0.1) is 11.4 Å². The van der Waals surface area contributed by atoms with E-state index < -0.39 is 0 Å². The Labute approximate surface area is 124 Å². The largest absolute Gasteiger partial charge is 0.397 e. The summed E-state index contributed by atoms with van der Waals surface area (Å²) in [4.78, 5) is 11.4. The van der Waals surface area contributed by atoms with Gasteiger partial charge in [0.2, 0.25) is 5.91 Å². The summed E-state index contributed by atoms with van der Waals surface area (Å²) in [6, 6.07) is 12.2. The lowest BCUT2D eigenvalue weighted by atomic mass is 10.0. The average Bonchev–Trinajstić information content (AvgIpc) is 2.46. The van der Waals surface area contributed by atoms with Crippen LogP contribution in [0.4, 0.5) is 17.1 Å². The molecule has 0 atom stereocenters. The van der Waals surface area contributed by atoms with Crippen LogP contribution >= 0.6 is 0 Å². The van der Waals surface area contributed by atoms with Gasteiger partial charge in [-0.25, -0.2) is 0 Å². The summed E-state index contributed by atoms with van der Waals surface area (Å²) in [6.45, 7) is 2.84. The molecular weight excluding hydrogens is 262 g/mol. The maximum atomic E-state index is 11.4. The first-order chi connectivity index (χ1) is 10.1. The Bertz CT molecular complexity index is 694. The molecule has 0 aromatic heterocycles. The molecule has 1 aliphatic rings. The Hall–Kier alpha value is -2.49. The van der Waals surface area contributed by atoms with Crippen molar-refractivity contribution in [3.63, 3.8) is 0 Å². The minimum Gasteiger partial charge on any atom is -0.397 e. The molecule has 0 saturated carbocycles. The standard InChI is InChI=1S/C17H19N3O/c1-11-4-2-3-5-13(11)10-19-16-8-12-6-7-17(21)20-15(12)9-14(16)18/h2-5,8-9,19H,6-7,10,18H2,1H3,(H,20,21). The van der Waals surface area contributed by atoms with Crippen LogP contribution in [-0.4, -0.2) is 5.91 Å². The number of hydrogen-bond acceptors (Lipinski definition) is 3. The number of fused-ring (bicyclic) bond motifs is 1. The number of nitrogen functional groups attached to an aromatic ring is 1. The molecule has 0 spiro atoms. The van der Waals surface area contributed by atoms with Crippen LogP contribution in [0, 0.1) is 6.92 Å². The minimum absolute atomic E-state index is 0.0579. The van der Waals surface area contributed by atoms with E-state index in [9.17, 15) is 4.79 Å². The molecule has 4 N–H and O–H groups in total. The zero-order chi connectivity index (χ0) is 14.8. The van der Waals surface area contributed by atoms with Crippen molar-refractivity contribution in [2.24, 2.45) is 0 Å². The number of nitrogens with two attached hydrogens (primary N) is 1. The first kappa shape index (κ1) is 13.5.